The predicted octanol–water partition coefficient (Wildman–Crippen LogP) is 1.84. The Kier molecular flexibility index (Phi) is 4.60. The molecule has 0 N–H and O–H groups in total. The zero-order valence-corrected chi connectivity index (χ0v) is 10.9. The molecule has 2 heterocycles. The maximum atomic E-state index is 5.42. The van der Waals surface area contributed by atoms with Gasteiger partial charge in [0, 0.05) is 42.6 Å². The molecule has 2 nitrogen and oxygen atoms in total. The van der Waals surface area contributed by atoms with Crippen molar-refractivity contribution >= 4 is 27.7 Å². The molecular weight excluding hydrogens is 262 g/mol. The van der Waals surface area contributed by atoms with Crippen molar-refractivity contribution in [1.29, 1.82) is 0 Å². The molecule has 0 amide bonds. The summed E-state index contributed by atoms with van der Waals surface area (Å²) in [5.74, 6) is 3.38. The first-order chi connectivity index (χ1) is 6.90. The monoisotopic (exact) mass is 279 g/mol. The minimum Gasteiger partial charge on any atom is -0.381 e. The molecule has 14 heavy (non-hydrogen) atoms. The molecule has 0 bridgehead atoms. The largest absolute Gasteiger partial charge is 0.381 e. The number of rotatable bonds is 3. The molecule has 0 aromatic heterocycles. The van der Waals surface area contributed by atoms with Crippen LogP contribution >= 0.6 is 27.7 Å². The number of nitrogens with zero attached hydrogens (tertiary/aromatic N) is 1. The van der Waals surface area contributed by atoms with Crippen LogP contribution in [-0.2, 0) is 4.74 Å². The number of alkyl halides is 1. The fourth-order valence-corrected chi connectivity index (χ4v) is 4.20. The highest BCUT2D eigenvalue weighted by molar-refractivity contribution is 9.09. The van der Waals surface area contributed by atoms with E-state index in [1.165, 1.54) is 31.0 Å². The maximum Gasteiger partial charge on any atom is 0.0507 e. The molecule has 4 heteroatoms. The first-order valence-electron chi connectivity index (χ1n) is 5.35. The van der Waals surface area contributed by atoms with Gasteiger partial charge in [-0.2, -0.15) is 11.8 Å². The molecule has 2 aliphatic rings. The highest BCUT2D eigenvalue weighted by Crippen LogP contribution is 2.21. The molecular formula is C10H18BrNOS. The van der Waals surface area contributed by atoms with Gasteiger partial charge in [-0.3, -0.25) is 4.90 Å². The smallest absolute Gasteiger partial charge is 0.0507 e. The Labute approximate surface area is 98.9 Å². The molecule has 0 aromatic rings. The molecule has 0 spiro atoms. The summed E-state index contributed by atoms with van der Waals surface area (Å²) in [4.78, 5) is 2.64. The van der Waals surface area contributed by atoms with Crippen LogP contribution in [0.4, 0.5) is 0 Å². The Hall–Kier alpha value is 0.750. The van der Waals surface area contributed by atoms with Gasteiger partial charge in [0.25, 0.3) is 0 Å². The molecule has 2 aliphatic heterocycles. The molecule has 2 rings (SSSR count). The minimum absolute atomic E-state index is 0.745. The normalized spacial score (nSPS) is 34.9. The van der Waals surface area contributed by atoms with E-state index >= 15 is 0 Å². The Morgan fingerprint density at radius 2 is 2.43 bits per heavy atom. The fraction of sp³-hybridized carbons (Fsp3) is 1.00. The van der Waals surface area contributed by atoms with Gasteiger partial charge in [-0.15, -0.1) is 0 Å². The second-order valence-electron chi connectivity index (χ2n) is 4.11. The first kappa shape index (κ1) is 11.2. The SMILES string of the molecule is BrCC1CSCCN1CC1CCOC1. The van der Waals surface area contributed by atoms with Crippen molar-refractivity contribution in [3.05, 3.63) is 0 Å². The van der Waals surface area contributed by atoms with Crippen molar-refractivity contribution in [3.63, 3.8) is 0 Å². The van der Waals surface area contributed by atoms with E-state index in [0.29, 0.717) is 0 Å². The Balaban J connectivity index is 1.81. The van der Waals surface area contributed by atoms with Gasteiger partial charge in [0.15, 0.2) is 0 Å². The number of halogens is 1. The molecule has 0 aliphatic carbocycles. The molecule has 0 radical (unpaired) electrons. The van der Waals surface area contributed by atoms with Crippen LogP contribution in [-0.4, -0.2) is 54.1 Å². The Bertz CT molecular complexity index is 176. The molecule has 82 valence electrons. The van der Waals surface area contributed by atoms with Gasteiger partial charge in [0.05, 0.1) is 6.61 Å². The molecule has 0 aromatic carbocycles. The summed E-state index contributed by atoms with van der Waals surface area (Å²) in [5, 5.41) is 1.12. The summed E-state index contributed by atoms with van der Waals surface area (Å²) in [6.45, 7) is 4.47. The highest BCUT2D eigenvalue weighted by atomic mass is 79.9. The molecule has 2 fully saturated rings. The van der Waals surface area contributed by atoms with Crippen molar-refractivity contribution in [2.75, 3.05) is 43.1 Å². The second-order valence-corrected chi connectivity index (χ2v) is 5.90. The van der Waals surface area contributed by atoms with Gasteiger partial charge in [-0.25, -0.2) is 0 Å². The zero-order valence-electron chi connectivity index (χ0n) is 8.45. The van der Waals surface area contributed by atoms with E-state index in [9.17, 15) is 0 Å². The summed E-state index contributed by atoms with van der Waals surface area (Å²) in [6, 6.07) is 0.745. The number of thioether (sulfide) groups is 1. The van der Waals surface area contributed by atoms with E-state index < -0.39 is 0 Å². The molecule has 2 unspecified atom stereocenters. The average Bonchev–Trinajstić information content (AvgIpc) is 2.71. The van der Waals surface area contributed by atoms with Crippen molar-refractivity contribution in [2.45, 2.75) is 12.5 Å². The lowest BCUT2D eigenvalue weighted by Gasteiger charge is -2.35. The van der Waals surface area contributed by atoms with Crippen LogP contribution in [0.3, 0.4) is 0 Å². The van der Waals surface area contributed by atoms with Crippen LogP contribution in [0, 0.1) is 5.92 Å². The summed E-state index contributed by atoms with van der Waals surface area (Å²) in [5.41, 5.74) is 0. The maximum absolute atomic E-state index is 5.42. The van der Waals surface area contributed by atoms with Crippen LogP contribution in [0.25, 0.3) is 0 Å². The van der Waals surface area contributed by atoms with Crippen LogP contribution in [0.1, 0.15) is 6.42 Å². The van der Waals surface area contributed by atoms with Crippen LogP contribution in [0.15, 0.2) is 0 Å². The highest BCUT2D eigenvalue weighted by Gasteiger charge is 2.26. The van der Waals surface area contributed by atoms with Gasteiger partial charge in [-0.05, 0) is 12.3 Å². The number of ether oxygens (including phenoxy) is 1. The van der Waals surface area contributed by atoms with E-state index in [1.807, 2.05) is 0 Å². The third kappa shape index (κ3) is 2.87. The van der Waals surface area contributed by atoms with Crippen LogP contribution in [0.5, 0.6) is 0 Å². The summed E-state index contributed by atoms with van der Waals surface area (Å²) >= 11 is 5.70. The van der Waals surface area contributed by atoms with E-state index in [-0.39, 0.29) is 0 Å². The van der Waals surface area contributed by atoms with Gasteiger partial charge in [0.2, 0.25) is 0 Å². The molecule has 0 saturated carbocycles. The minimum atomic E-state index is 0.745. The zero-order chi connectivity index (χ0) is 9.80. The van der Waals surface area contributed by atoms with Crippen molar-refractivity contribution in [1.82, 2.24) is 4.90 Å². The van der Waals surface area contributed by atoms with Crippen molar-refractivity contribution < 1.29 is 4.74 Å². The fourth-order valence-electron chi connectivity index (χ4n) is 2.13. The first-order valence-corrected chi connectivity index (χ1v) is 7.63. The van der Waals surface area contributed by atoms with Crippen LogP contribution in [0.2, 0.25) is 0 Å². The average molecular weight is 280 g/mol. The predicted molar refractivity (Wildman–Crippen MR) is 65.4 cm³/mol. The van der Waals surface area contributed by atoms with E-state index in [2.05, 4.69) is 32.6 Å². The second kappa shape index (κ2) is 5.73. The van der Waals surface area contributed by atoms with Crippen LogP contribution < -0.4 is 0 Å². The van der Waals surface area contributed by atoms with Crippen molar-refractivity contribution in [2.24, 2.45) is 5.92 Å². The standard InChI is InChI=1S/C10H18BrNOS/c11-5-10-8-14-4-2-12(10)6-9-1-3-13-7-9/h9-10H,1-8H2. The number of hydrogen-bond donors (Lipinski definition) is 0. The lowest BCUT2D eigenvalue weighted by atomic mass is 10.1. The molecule has 2 atom stereocenters. The van der Waals surface area contributed by atoms with E-state index in [4.69, 9.17) is 4.74 Å². The number of hydrogen-bond acceptors (Lipinski definition) is 3. The topological polar surface area (TPSA) is 12.5 Å². The summed E-state index contributed by atoms with van der Waals surface area (Å²) < 4.78 is 5.42. The third-order valence-electron chi connectivity index (χ3n) is 3.04. The lowest BCUT2D eigenvalue weighted by molar-refractivity contribution is 0.157. The lowest BCUT2D eigenvalue weighted by Crippen LogP contribution is -2.45. The van der Waals surface area contributed by atoms with Crippen molar-refractivity contribution in [3.8, 4) is 0 Å². The Morgan fingerprint density at radius 3 is 3.14 bits per heavy atom. The summed E-state index contributed by atoms with van der Waals surface area (Å²) in [6.07, 6.45) is 1.26. The van der Waals surface area contributed by atoms with Gasteiger partial charge in [0.1, 0.15) is 0 Å². The van der Waals surface area contributed by atoms with Gasteiger partial charge in [-0.1, -0.05) is 15.9 Å². The van der Waals surface area contributed by atoms with E-state index in [1.54, 1.807) is 0 Å². The summed E-state index contributed by atoms with van der Waals surface area (Å²) in [7, 11) is 0. The molecule has 2 saturated heterocycles. The Morgan fingerprint density at radius 1 is 1.50 bits per heavy atom. The third-order valence-corrected chi connectivity index (χ3v) is 4.88. The van der Waals surface area contributed by atoms with Gasteiger partial charge >= 0.3 is 0 Å². The quantitative estimate of drug-likeness (QED) is 0.732. The van der Waals surface area contributed by atoms with E-state index in [0.717, 1.165) is 30.5 Å². The van der Waals surface area contributed by atoms with Gasteiger partial charge < -0.3 is 4.74 Å².